The molecule has 1 heterocycles. The SMILES string of the molecule is C=C.C=C.C=NC(=NC(C)(c1cccc(-c2cccc(C#N)c2)c1)c1ccc(-n2c3c(c4ccccc42)C=C(S)CC3)c(-c2cccc(C#N)c2)c1)c1ccc(C)cc1.CC.CC.CSC.Cc1ccc(C)c(-c2cc(C)ccc2C)c1.Cc1cccc(C#N)c1. The van der Waals surface area contributed by atoms with E-state index in [9.17, 15) is 10.5 Å². The third-order valence-electron chi connectivity index (χ3n) is 14.8. The fourth-order valence-electron chi connectivity index (χ4n) is 10.4. The molecule has 1 atom stereocenters. The molecular formula is C83H88N6S2. The maximum atomic E-state index is 10.0. The number of aryl methyl sites for hydroxylation is 6. The van der Waals surface area contributed by atoms with Gasteiger partial charge in [0.25, 0.3) is 0 Å². The summed E-state index contributed by atoms with van der Waals surface area (Å²) in [5, 5.41) is 29.3. The number of aliphatic imine (C=N–C) groups is 2. The molecule has 0 amide bonds. The van der Waals surface area contributed by atoms with Gasteiger partial charge in [0.1, 0.15) is 5.54 Å². The molecule has 8 heteroatoms. The maximum Gasteiger partial charge on any atom is 0.155 e. The Morgan fingerprint density at radius 3 is 1.52 bits per heavy atom. The number of hydrogen-bond donors (Lipinski definition) is 1. The molecule has 11 rings (SSSR count). The summed E-state index contributed by atoms with van der Waals surface area (Å²) >= 11 is 6.53. The Labute approximate surface area is 554 Å². The van der Waals surface area contributed by atoms with Crippen LogP contribution in [0.3, 0.4) is 0 Å². The lowest BCUT2D eigenvalue weighted by Crippen LogP contribution is -2.24. The largest absolute Gasteiger partial charge is 0.312 e. The molecule has 0 bridgehead atoms. The number of fused-ring (bicyclic) bond motifs is 3. The van der Waals surface area contributed by atoms with Crippen molar-refractivity contribution in [2.75, 3.05) is 12.5 Å². The highest BCUT2D eigenvalue weighted by Crippen LogP contribution is 2.43. The molecule has 6 nitrogen and oxygen atoms in total. The molecule has 0 saturated carbocycles. The lowest BCUT2D eigenvalue weighted by molar-refractivity contribution is 0.606. The molecule has 10 aromatic rings. The fraction of sp³-hybridized carbons (Fsp3) is 0.193. The summed E-state index contributed by atoms with van der Waals surface area (Å²) in [5.41, 5.74) is 22.4. The van der Waals surface area contributed by atoms with Crippen molar-refractivity contribution in [2.24, 2.45) is 9.98 Å². The number of thiol groups is 1. The normalized spacial score (nSPS) is 11.3. The van der Waals surface area contributed by atoms with Crippen LogP contribution in [0, 0.1) is 75.5 Å². The van der Waals surface area contributed by atoms with Crippen molar-refractivity contribution in [3.05, 3.63) is 309 Å². The van der Waals surface area contributed by atoms with E-state index in [-0.39, 0.29) is 0 Å². The van der Waals surface area contributed by atoms with Gasteiger partial charge in [0.2, 0.25) is 0 Å². The van der Waals surface area contributed by atoms with Crippen molar-refractivity contribution >= 4 is 53.9 Å². The monoisotopic (exact) mass is 1230 g/mol. The van der Waals surface area contributed by atoms with Gasteiger partial charge >= 0.3 is 0 Å². The third-order valence-corrected chi connectivity index (χ3v) is 15.2. The number of thioether (sulfide) groups is 1. The van der Waals surface area contributed by atoms with Crippen LogP contribution in [-0.2, 0) is 12.0 Å². The molecule has 0 aliphatic heterocycles. The van der Waals surface area contributed by atoms with Crippen LogP contribution in [0.25, 0.3) is 56.0 Å². The molecule has 0 spiro atoms. The second-order valence-electron chi connectivity index (χ2n) is 21.1. The average molecular weight is 1230 g/mol. The van der Waals surface area contributed by atoms with Crippen molar-refractivity contribution in [1.29, 1.82) is 15.8 Å². The number of rotatable bonds is 8. The number of aromatic nitrogens is 1. The predicted octanol–water partition coefficient (Wildman–Crippen LogP) is 22.7. The Morgan fingerprint density at radius 2 is 0.978 bits per heavy atom. The van der Waals surface area contributed by atoms with Gasteiger partial charge in [-0.3, -0.25) is 4.99 Å². The maximum absolute atomic E-state index is 10.0. The van der Waals surface area contributed by atoms with Gasteiger partial charge < -0.3 is 4.57 Å². The first-order valence-corrected chi connectivity index (χ1v) is 32.6. The minimum atomic E-state index is -0.952. The van der Waals surface area contributed by atoms with Crippen LogP contribution in [0.4, 0.5) is 0 Å². The lowest BCUT2D eigenvalue weighted by Gasteiger charge is -2.30. The Balaban J connectivity index is 0.000000400. The highest BCUT2D eigenvalue weighted by atomic mass is 32.2. The van der Waals surface area contributed by atoms with Gasteiger partial charge in [-0.25, -0.2) is 4.99 Å². The van der Waals surface area contributed by atoms with E-state index in [1.165, 1.54) is 50.0 Å². The van der Waals surface area contributed by atoms with Gasteiger partial charge in [-0.1, -0.05) is 184 Å². The van der Waals surface area contributed by atoms with Crippen LogP contribution < -0.4 is 0 Å². The summed E-state index contributed by atoms with van der Waals surface area (Å²) in [5.74, 6) is 0.524. The number of nitriles is 3. The summed E-state index contributed by atoms with van der Waals surface area (Å²) in [6.45, 7) is 38.8. The zero-order valence-corrected chi connectivity index (χ0v) is 57.3. The smallest absolute Gasteiger partial charge is 0.155 e. The Bertz CT molecular complexity index is 4180. The number of benzene rings is 9. The number of amidine groups is 1. The third kappa shape index (κ3) is 19.1. The zero-order valence-electron chi connectivity index (χ0n) is 55.6. The Hall–Kier alpha value is -9.75. The molecule has 462 valence electrons. The minimum absolute atomic E-state index is 0.524. The van der Waals surface area contributed by atoms with Gasteiger partial charge in [-0.2, -0.15) is 27.5 Å². The highest BCUT2D eigenvalue weighted by Gasteiger charge is 2.32. The summed E-state index contributed by atoms with van der Waals surface area (Å²) < 4.78 is 2.38. The average Bonchev–Trinajstić information content (AvgIpc) is 1.78. The zero-order chi connectivity index (χ0) is 67.2. The van der Waals surface area contributed by atoms with Gasteiger partial charge in [0.15, 0.2) is 5.84 Å². The molecule has 1 unspecified atom stereocenters. The molecule has 0 radical (unpaired) electrons. The molecule has 0 fully saturated rings. The second kappa shape index (κ2) is 37.3. The standard InChI is InChI=1S/C49H37N5S.C16H18.C8H7N.C2H6S.2C2H6.2C2H4/c1-32-17-19-35(20-18-32)48(52-3)53-49(2,39-14-8-12-37(27-39)36-11-6-9-33(25-36)30-50)40-21-23-46(43(28-40)38-13-7-10-34(26-38)31-51)54-45-16-5-4-15-42(45)44-29-41(55)22-24-47(44)54;1-11-5-7-13(3)15(9-11)16-10-12(2)6-8-14(16)4;1-7-3-2-4-8(5-7)6-9;1-3-2;4*1-2/h4-21,23,25-29,55H,3,22,24H2,1-2H3;5-10H,1-4H3;2-5H,1H3;1-2H3;2*1-2H3;2*1-2H2. The number of para-hydroxylation sites is 1. The van der Waals surface area contributed by atoms with Gasteiger partial charge in [0, 0.05) is 27.8 Å². The van der Waals surface area contributed by atoms with Crippen molar-refractivity contribution < 1.29 is 0 Å². The molecule has 1 aliphatic carbocycles. The van der Waals surface area contributed by atoms with Gasteiger partial charge in [-0.15, -0.1) is 38.9 Å². The van der Waals surface area contributed by atoms with E-state index in [4.69, 9.17) is 22.9 Å². The first kappa shape index (κ1) is 73.7. The first-order chi connectivity index (χ1) is 44.1. The number of nitrogens with zero attached hydrogens (tertiary/aromatic N) is 6. The van der Waals surface area contributed by atoms with Crippen LogP contribution in [0.1, 0.15) is 119 Å². The van der Waals surface area contributed by atoms with E-state index in [2.05, 4.69) is 224 Å². The summed E-state index contributed by atoms with van der Waals surface area (Å²) in [6.07, 6.45) is 8.00. The predicted molar refractivity (Wildman–Crippen MR) is 400 cm³/mol. The fourth-order valence-corrected chi connectivity index (χ4v) is 10.7. The highest BCUT2D eigenvalue weighted by molar-refractivity contribution is 7.97. The van der Waals surface area contributed by atoms with E-state index >= 15 is 0 Å². The summed E-state index contributed by atoms with van der Waals surface area (Å²) in [6, 6.07) is 74.6. The number of allylic oxidation sites excluding steroid dienone is 1. The first-order valence-electron chi connectivity index (χ1n) is 30.6. The topological polar surface area (TPSA) is 101 Å². The molecule has 91 heavy (non-hydrogen) atoms. The Morgan fingerprint density at radius 1 is 0.505 bits per heavy atom. The van der Waals surface area contributed by atoms with E-state index in [0.29, 0.717) is 17.0 Å². The molecule has 0 saturated heterocycles. The number of hydrogen-bond acceptors (Lipinski definition) is 6. The van der Waals surface area contributed by atoms with Crippen LogP contribution in [-0.4, -0.2) is 29.6 Å². The Kier molecular flexibility index (Phi) is 30.2. The molecular weight excluding hydrogens is 1150 g/mol. The molecule has 1 aliphatic rings. The van der Waals surface area contributed by atoms with Crippen LogP contribution >= 0.6 is 24.4 Å². The minimum Gasteiger partial charge on any atom is -0.312 e. The van der Waals surface area contributed by atoms with Crippen LogP contribution in [0.2, 0.25) is 0 Å². The van der Waals surface area contributed by atoms with E-state index in [1.54, 1.807) is 17.8 Å². The van der Waals surface area contributed by atoms with Crippen molar-refractivity contribution in [1.82, 2.24) is 4.57 Å². The molecule has 1 aromatic heterocycles. The van der Waals surface area contributed by atoms with E-state index in [0.717, 1.165) is 84.6 Å². The quantitative estimate of drug-likeness (QED) is 0.0709. The van der Waals surface area contributed by atoms with Crippen molar-refractivity contribution in [3.8, 4) is 57.3 Å². The van der Waals surface area contributed by atoms with Crippen molar-refractivity contribution in [2.45, 2.75) is 94.5 Å². The molecule has 0 N–H and O–H groups in total. The van der Waals surface area contributed by atoms with E-state index < -0.39 is 5.54 Å². The van der Waals surface area contributed by atoms with Crippen LogP contribution in [0.15, 0.2) is 241 Å². The molecule has 9 aromatic carbocycles. The van der Waals surface area contributed by atoms with Gasteiger partial charge in [-0.05, 0) is 208 Å². The van der Waals surface area contributed by atoms with Crippen molar-refractivity contribution in [3.63, 3.8) is 0 Å². The second-order valence-corrected chi connectivity index (χ2v) is 22.5. The summed E-state index contributed by atoms with van der Waals surface area (Å²) in [7, 11) is 0. The lowest BCUT2D eigenvalue weighted by atomic mass is 9.82. The van der Waals surface area contributed by atoms with Gasteiger partial charge in [0.05, 0.1) is 46.1 Å². The van der Waals surface area contributed by atoms with E-state index in [1.807, 2.05) is 126 Å². The summed E-state index contributed by atoms with van der Waals surface area (Å²) in [4.78, 5) is 11.0. The van der Waals surface area contributed by atoms with Crippen LogP contribution in [0.5, 0.6) is 0 Å².